The van der Waals surface area contributed by atoms with Crippen molar-refractivity contribution in [1.82, 2.24) is 5.32 Å². The van der Waals surface area contributed by atoms with Crippen molar-refractivity contribution in [3.63, 3.8) is 0 Å². The summed E-state index contributed by atoms with van der Waals surface area (Å²) in [6.45, 7) is 15.2. The van der Waals surface area contributed by atoms with Crippen molar-refractivity contribution in [2.75, 3.05) is 19.8 Å². The van der Waals surface area contributed by atoms with Gasteiger partial charge in [0.1, 0.15) is 0 Å². The van der Waals surface area contributed by atoms with Crippen molar-refractivity contribution in [2.45, 2.75) is 84.0 Å². The van der Waals surface area contributed by atoms with E-state index in [0.29, 0.717) is 13.2 Å². The molecule has 0 heterocycles. The summed E-state index contributed by atoms with van der Waals surface area (Å²) in [6, 6.07) is 0. The smallest absolute Gasteiger partial charge is 0.0807 e. The first-order chi connectivity index (χ1) is 8.62. The quantitative estimate of drug-likeness (QED) is 0.750. The number of hydrogen-bond acceptors (Lipinski definition) is 3. The van der Waals surface area contributed by atoms with Crippen LogP contribution in [-0.2, 0) is 9.47 Å². The van der Waals surface area contributed by atoms with Gasteiger partial charge in [-0.3, -0.25) is 0 Å². The van der Waals surface area contributed by atoms with Gasteiger partial charge in [-0.05, 0) is 54.4 Å². The SMILES string of the molecule is CC(C)(C)NCC1(OCCOC(C)(C)C)CCCC1. The lowest BCUT2D eigenvalue weighted by Gasteiger charge is -2.34. The van der Waals surface area contributed by atoms with Gasteiger partial charge in [-0.1, -0.05) is 12.8 Å². The molecule has 0 amide bonds. The van der Waals surface area contributed by atoms with Gasteiger partial charge in [0.2, 0.25) is 0 Å². The zero-order valence-electron chi connectivity index (χ0n) is 13.8. The maximum Gasteiger partial charge on any atom is 0.0807 e. The second-order valence-electron chi connectivity index (χ2n) is 7.80. The first kappa shape index (κ1) is 16.9. The predicted octanol–water partition coefficient (Wildman–Crippen LogP) is 3.52. The molecule has 3 nitrogen and oxygen atoms in total. The number of nitrogens with one attached hydrogen (secondary N) is 1. The van der Waals surface area contributed by atoms with E-state index < -0.39 is 0 Å². The summed E-state index contributed by atoms with van der Waals surface area (Å²) in [4.78, 5) is 0. The molecule has 0 aromatic rings. The lowest BCUT2D eigenvalue weighted by atomic mass is 9.99. The topological polar surface area (TPSA) is 30.5 Å². The summed E-state index contributed by atoms with van der Waals surface area (Å²) >= 11 is 0. The minimum Gasteiger partial charge on any atom is -0.373 e. The Morgan fingerprint density at radius 2 is 1.53 bits per heavy atom. The fraction of sp³-hybridized carbons (Fsp3) is 1.00. The molecule has 0 atom stereocenters. The van der Waals surface area contributed by atoms with Gasteiger partial charge in [-0.25, -0.2) is 0 Å². The molecule has 1 saturated carbocycles. The van der Waals surface area contributed by atoms with E-state index in [0.717, 1.165) is 6.54 Å². The molecular formula is C16H33NO2. The Morgan fingerprint density at radius 3 is 2.00 bits per heavy atom. The highest BCUT2D eigenvalue weighted by Crippen LogP contribution is 2.33. The van der Waals surface area contributed by atoms with E-state index in [1.807, 2.05) is 0 Å². The third-order valence-corrected chi connectivity index (χ3v) is 3.48. The molecule has 1 aliphatic carbocycles. The fourth-order valence-corrected chi connectivity index (χ4v) is 2.42. The maximum atomic E-state index is 6.19. The fourth-order valence-electron chi connectivity index (χ4n) is 2.42. The minimum absolute atomic E-state index is 0.0362. The molecule has 0 aliphatic heterocycles. The van der Waals surface area contributed by atoms with Crippen LogP contribution in [0.5, 0.6) is 0 Å². The number of ether oxygens (including phenoxy) is 2. The summed E-state index contributed by atoms with van der Waals surface area (Å²) in [7, 11) is 0. The standard InChI is InChI=1S/C16H33NO2/c1-14(2,3)17-13-16(9-7-8-10-16)19-12-11-18-15(4,5)6/h17H,7-13H2,1-6H3. The van der Waals surface area contributed by atoms with Gasteiger partial charge in [-0.2, -0.15) is 0 Å². The normalized spacial score (nSPS) is 19.9. The van der Waals surface area contributed by atoms with Crippen molar-refractivity contribution in [2.24, 2.45) is 0 Å². The lowest BCUT2D eigenvalue weighted by molar-refractivity contribution is -0.0902. The van der Waals surface area contributed by atoms with Crippen LogP contribution in [0.15, 0.2) is 0 Å². The molecule has 0 radical (unpaired) electrons. The average Bonchev–Trinajstić information content (AvgIpc) is 2.69. The minimum atomic E-state index is -0.0736. The largest absolute Gasteiger partial charge is 0.373 e. The van der Waals surface area contributed by atoms with Crippen LogP contribution in [0.3, 0.4) is 0 Å². The molecule has 19 heavy (non-hydrogen) atoms. The highest BCUT2D eigenvalue weighted by atomic mass is 16.5. The zero-order chi connectivity index (χ0) is 14.6. The molecule has 3 heteroatoms. The Hall–Kier alpha value is -0.120. The van der Waals surface area contributed by atoms with E-state index >= 15 is 0 Å². The van der Waals surface area contributed by atoms with E-state index in [9.17, 15) is 0 Å². The molecule has 1 rings (SSSR count). The molecule has 0 aromatic carbocycles. The van der Waals surface area contributed by atoms with Gasteiger partial charge in [0.05, 0.1) is 24.4 Å². The first-order valence-corrected chi connectivity index (χ1v) is 7.65. The molecule has 114 valence electrons. The maximum absolute atomic E-state index is 6.19. The van der Waals surface area contributed by atoms with Crippen LogP contribution >= 0.6 is 0 Å². The number of rotatable bonds is 6. The van der Waals surface area contributed by atoms with Crippen molar-refractivity contribution in [3.05, 3.63) is 0 Å². The van der Waals surface area contributed by atoms with Crippen LogP contribution in [-0.4, -0.2) is 36.5 Å². The van der Waals surface area contributed by atoms with E-state index in [1.165, 1.54) is 25.7 Å². The van der Waals surface area contributed by atoms with E-state index in [-0.39, 0.29) is 16.7 Å². The van der Waals surface area contributed by atoms with E-state index in [1.54, 1.807) is 0 Å². The molecular weight excluding hydrogens is 238 g/mol. The molecule has 0 saturated heterocycles. The van der Waals surface area contributed by atoms with E-state index in [2.05, 4.69) is 46.9 Å². The van der Waals surface area contributed by atoms with Crippen LogP contribution in [0.1, 0.15) is 67.2 Å². The molecule has 0 bridgehead atoms. The Morgan fingerprint density at radius 1 is 0.947 bits per heavy atom. The van der Waals surface area contributed by atoms with Crippen molar-refractivity contribution in [3.8, 4) is 0 Å². The summed E-state index contributed by atoms with van der Waals surface area (Å²) < 4.78 is 11.9. The van der Waals surface area contributed by atoms with Crippen LogP contribution < -0.4 is 5.32 Å². The first-order valence-electron chi connectivity index (χ1n) is 7.65. The van der Waals surface area contributed by atoms with Gasteiger partial charge in [0, 0.05) is 12.1 Å². The molecule has 0 aromatic heterocycles. The van der Waals surface area contributed by atoms with Crippen molar-refractivity contribution >= 4 is 0 Å². The molecule has 1 aliphatic rings. The van der Waals surface area contributed by atoms with Crippen LogP contribution in [0.4, 0.5) is 0 Å². The molecule has 0 unspecified atom stereocenters. The lowest BCUT2D eigenvalue weighted by Crippen LogP contribution is -2.48. The highest BCUT2D eigenvalue weighted by molar-refractivity contribution is 4.90. The van der Waals surface area contributed by atoms with Gasteiger partial charge in [0.25, 0.3) is 0 Å². The summed E-state index contributed by atoms with van der Waals surface area (Å²) in [5.74, 6) is 0. The van der Waals surface area contributed by atoms with Gasteiger partial charge in [-0.15, -0.1) is 0 Å². The van der Waals surface area contributed by atoms with Crippen LogP contribution in [0.2, 0.25) is 0 Å². The Bertz CT molecular complexity index is 257. The number of hydrogen-bond donors (Lipinski definition) is 1. The highest BCUT2D eigenvalue weighted by Gasteiger charge is 2.35. The third kappa shape index (κ3) is 7.28. The Kier molecular flexibility index (Phi) is 5.84. The monoisotopic (exact) mass is 271 g/mol. The van der Waals surface area contributed by atoms with Crippen LogP contribution in [0, 0.1) is 0 Å². The average molecular weight is 271 g/mol. The van der Waals surface area contributed by atoms with Crippen molar-refractivity contribution < 1.29 is 9.47 Å². The van der Waals surface area contributed by atoms with Crippen LogP contribution in [0.25, 0.3) is 0 Å². The molecule has 1 fully saturated rings. The van der Waals surface area contributed by atoms with E-state index in [4.69, 9.17) is 9.47 Å². The van der Waals surface area contributed by atoms with Crippen molar-refractivity contribution in [1.29, 1.82) is 0 Å². The summed E-state index contributed by atoms with van der Waals surface area (Å²) in [6.07, 6.45) is 4.91. The molecule has 1 N–H and O–H groups in total. The predicted molar refractivity (Wildman–Crippen MR) is 80.6 cm³/mol. The van der Waals surface area contributed by atoms with Gasteiger partial charge >= 0.3 is 0 Å². The van der Waals surface area contributed by atoms with Gasteiger partial charge < -0.3 is 14.8 Å². The van der Waals surface area contributed by atoms with Gasteiger partial charge in [0.15, 0.2) is 0 Å². The second kappa shape index (κ2) is 6.55. The summed E-state index contributed by atoms with van der Waals surface area (Å²) in [5.41, 5.74) is 0.116. The Balaban J connectivity index is 2.35. The summed E-state index contributed by atoms with van der Waals surface area (Å²) in [5, 5.41) is 3.60. The molecule has 0 spiro atoms. The Labute approximate surface area is 119 Å². The zero-order valence-corrected chi connectivity index (χ0v) is 13.8. The second-order valence-corrected chi connectivity index (χ2v) is 7.80. The third-order valence-electron chi connectivity index (χ3n) is 3.48.